The van der Waals surface area contributed by atoms with E-state index in [0.29, 0.717) is 17.5 Å². The van der Waals surface area contributed by atoms with Gasteiger partial charge in [0.05, 0.1) is 5.69 Å². The zero-order chi connectivity index (χ0) is 10.5. The molecular weight excluding hydrogens is 192 g/mol. The molecule has 2 saturated carbocycles. The molecule has 1 heterocycles. The first-order valence-corrected chi connectivity index (χ1v) is 5.22. The number of nitrogens with zero attached hydrogens (tertiary/aromatic N) is 2. The number of carboxylic acid groups (broad SMARTS) is 1. The normalized spacial score (nSPS) is 37.3. The highest BCUT2D eigenvalue weighted by Gasteiger charge is 2.59. The van der Waals surface area contributed by atoms with Crippen molar-refractivity contribution >= 4 is 5.97 Å². The minimum Gasteiger partial charge on any atom is -0.481 e. The molecule has 2 atom stereocenters. The van der Waals surface area contributed by atoms with Crippen LogP contribution in [0, 0.1) is 11.8 Å². The molecule has 0 aliphatic heterocycles. The summed E-state index contributed by atoms with van der Waals surface area (Å²) < 4.78 is 0. The summed E-state index contributed by atoms with van der Waals surface area (Å²) in [5.74, 6) is 0.514. The fraction of sp³-hybridized carbons (Fsp3) is 0.545. The molecule has 3 rings (SSSR count). The molecule has 0 amide bonds. The summed E-state index contributed by atoms with van der Waals surface area (Å²) in [6.07, 6.45) is 5.77. The summed E-state index contributed by atoms with van der Waals surface area (Å²) in [5, 5.41) is 9.40. The molecule has 2 aliphatic carbocycles. The van der Waals surface area contributed by atoms with Crippen molar-refractivity contribution in [2.45, 2.75) is 24.7 Å². The van der Waals surface area contributed by atoms with Crippen LogP contribution in [-0.4, -0.2) is 21.0 Å². The predicted molar refractivity (Wildman–Crippen MR) is 52.2 cm³/mol. The molecular formula is C11H12N2O2. The van der Waals surface area contributed by atoms with E-state index in [1.165, 1.54) is 12.7 Å². The highest BCUT2D eigenvalue weighted by molar-refractivity contribution is 5.81. The molecule has 0 bridgehead atoms. The quantitative estimate of drug-likeness (QED) is 0.787. The molecule has 78 valence electrons. The van der Waals surface area contributed by atoms with Gasteiger partial charge < -0.3 is 5.11 Å². The van der Waals surface area contributed by atoms with Crippen LogP contribution in [0.4, 0.5) is 0 Å². The van der Waals surface area contributed by atoms with Crippen LogP contribution in [0.2, 0.25) is 0 Å². The molecule has 0 aromatic carbocycles. The van der Waals surface area contributed by atoms with E-state index in [1.54, 1.807) is 12.3 Å². The third kappa shape index (κ3) is 1.17. The highest BCUT2D eigenvalue weighted by atomic mass is 16.4. The van der Waals surface area contributed by atoms with E-state index in [4.69, 9.17) is 0 Å². The van der Waals surface area contributed by atoms with E-state index in [-0.39, 0.29) is 0 Å². The Morgan fingerprint density at radius 3 is 2.73 bits per heavy atom. The van der Waals surface area contributed by atoms with Crippen LogP contribution < -0.4 is 0 Å². The SMILES string of the molecule is O=C(O)C1(c2ccncn2)CC2CC2C1. The maximum atomic E-state index is 11.4. The van der Waals surface area contributed by atoms with Crippen molar-refractivity contribution in [2.75, 3.05) is 0 Å². The van der Waals surface area contributed by atoms with Gasteiger partial charge in [0.1, 0.15) is 11.7 Å². The summed E-state index contributed by atoms with van der Waals surface area (Å²) in [6, 6.07) is 1.74. The van der Waals surface area contributed by atoms with Crippen LogP contribution in [0.15, 0.2) is 18.6 Å². The smallest absolute Gasteiger partial charge is 0.315 e. The van der Waals surface area contributed by atoms with Crippen LogP contribution in [0.25, 0.3) is 0 Å². The van der Waals surface area contributed by atoms with Crippen molar-refractivity contribution in [3.63, 3.8) is 0 Å². The van der Waals surface area contributed by atoms with Gasteiger partial charge >= 0.3 is 5.97 Å². The third-order valence-electron chi connectivity index (χ3n) is 3.77. The van der Waals surface area contributed by atoms with E-state index < -0.39 is 11.4 Å². The van der Waals surface area contributed by atoms with Crippen molar-refractivity contribution in [1.29, 1.82) is 0 Å². The lowest BCUT2D eigenvalue weighted by Crippen LogP contribution is -2.35. The molecule has 15 heavy (non-hydrogen) atoms. The molecule has 0 spiro atoms. The molecule has 0 radical (unpaired) electrons. The molecule has 4 nitrogen and oxygen atoms in total. The third-order valence-corrected chi connectivity index (χ3v) is 3.77. The zero-order valence-electron chi connectivity index (χ0n) is 8.26. The van der Waals surface area contributed by atoms with Crippen LogP contribution in [0.1, 0.15) is 25.0 Å². The highest BCUT2D eigenvalue weighted by Crippen LogP contribution is 2.60. The number of carbonyl (C=O) groups is 1. The average Bonchev–Trinajstić information content (AvgIpc) is 2.87. The number of fused-ring (bicyclic) bond motifs is 1. The predicted octanol–water partition coefficient (Wildman–Crippen LogP) is 1.23. The minimum atomic E-state index is -0.728. The number of aromatic nitrogens is 2. The Bertz CT molecular complexity index is 394. The molecule has 1 N–H and O–H groups in total. The van der Waals surface area contributed by atoms with E-state index in [0.717, 1.165) is 12.8 Å². The molecule has 2 aliphatic rings. The largest absolute Gasteiger partial charge is 0.481 e. The maximum absolute atomic E-state index is 11.4. The number of aliphatic carboxylic acids is 1. The lowest BCUT2D eigenvalue weighted by Gasteiger charge is -2.24. The van der Waals surface area contributed by atoms with Crippen molar-refractivity contribution in [2.24, 2.45) is 11.8 Å². The van der Waals surface area contributed by atoms with E-state index >= 15 is 0 Å². The van der Waals surface area contributed by atoms with Gasteiger partial charge in [-0.1, -0.05) is 0 Å². The number of hydrogen-bond acceptors (Lipinski definition) is 3. The Morgan fingerprint density at radius 1 is 1.47 bits per heavy atom. The average molecular weight is 204 g/mol. The molecule has 0 saturated heterocycles. The van der Waals surface area contributed by atoms with Gasteiger partial charge in [-0.05, 0) is 37.2 Å². The van der Waals surface area contributed by atoms with Gasteiger partial charge in [-0.2, -0.15) is 0 Å². The number of rotatable bonds is 2. The summed E-state index contributed by atoms with van der Waals surface area (Å²) >= 11 is 0. The second kappa shape index (κ2) is 2.78. The maximum Gasteiger partial charge on any atom is 0.315 e. The van der Waals surface area contributed by atoms with Gasteiger partial charge in [0, 0.05) is 6.20 Å². The van der Waals surface area contributed by atoms with Crippen molar-refractivity contribution in [3.05, 3.63) is 24.3 Å². The topological polar surface area (TPSA) is 63.1 Å². The van der Waals surface area contributed by atoms with Gasteiger partial charge in [-0.3, -0.25) is 4.79 Å². The Kier molecular flexibility index (Phi) is 1.63. The van der Waals surface area contributed by atoms with Gasteiger partial charge in [-0.15, -0.1) is 0 Å². The van der Waals surface area contributed by atoms with Crippen molar-refractivity contribution < 1.29 is 9.90 Å². The van der Waals surface area contributed by atoms with Crippen molar-refractivity contribution in [1.82, 2.24) is 9.97 Å². The first kappa shape index (κ1) is 8.83. The molecule has 4 heteroatoms. The van der Waals surface area contributed by atoms with Crippen LogP contribution in [0.3, 0.4) is 0 Å². The number of carboxylic acids is 1. The summed E-state index contributed by atoms with van der Waals surface area (Å²) in [4.78, 5) is 19.4. The number of hydrogen-bond donors (Lipinski definition) is 1. The molecule has 2 unspecified atom stereocenters. The van der Waals surface area contributed by atoms with Crippen LogP contribution in [-0.2, 0) is 10.2 Å². The van der Waals surface area contributed by atoms with E-state index in [2.05, 4.69) is 9.97 Å². The van der Waals surface area contributed by atoms with Crippen LogP contribution in [0.5, 0.6) is 0 Å². The summed E-state index contributed by atoms with van der Waals surface area (Å²) in [6.45, 7) is 0. The van der Waals surface area contributed by atoms with Gasteiger partial charge in [0.25, 0.3) is 0 Å². The van der Waals surface area contributed by atoms with E-state index in [9.17, 15) is 9.90 Å². The fourth-order valence-corrected chi connectivity index (χ4v) is 2.86. The van der Waals surface area contributed by atoms with Gasteiger partial charge in [-0.25, -0.2) is 9.97 Å². The van der Waals surface area contributed by atoms with Crippen molar-refractivity contribution in [3.8, 4) is 0 Å². The standard InChI is InChI=1S/C11H12N2O2/c14-10(15)11(4-7-3-8(7)5-11)9-1-2-12-6-13-9/h1-2,6-8H,3-5H2,(H,14,15). The Morgan fingerprint density at radius 2 is 2.20 bits per heavy atom. The Balaban J connectivity index is 2.02. The Hall–Kier alpha value is -1.45. The van der Waals surface area contributed by atoms with Gasteiger partial charge in [0.15, 0.2) is 0 Å². The van der Waals surface area contributed by atoms with Crippen LogP contribution >= 0.6 is 0 Å². The fourth-order valence-electron chi connectivity index (χ4n) is 2.86. The second-order valence-electron chi connectivity index (χ2n) is 4.65. The van der Waals surface area contributed by atoms with E-state index in [1.807, 2.05) is 0 Å². The first-order valence-electron chi connectivity index (χ1n) is 5.22. The summed E-state index contributed by atoms with van der Waals surface area (Å²) in [7, 11) is 0. The molecule has 1 aromatic heterocycles. The monoisotopic (exact) mass is 204 g/mol. The van der Waals surface area contributed by atoms with Gasteiger partial charge in [0.2, 0.25) is 0 Å². The minimum absolute atomic E-state index is 0.621. The summed E-state index contributed by atoms with van der Waals surface area (Å²) in [5.41, 5.74) is -0.0477. The lowest BCUT2D eigenvalue weighted by molar-refractivity contribution is -0.144. The molecule has 2 fully saturated rings. The second-order valence-corrected chi connectivity index (χ2v) is 4.65. The lowest BCUT2D eigenvalue weighted by atomic mass is 9.79. The zero-order valence-corrected chi connectivity index (χ0v) is 8.26. The first-order chi connectivity index (χ1) is 7.22. The Labute approximate surface area is 87.4 Å². The molecule has 1 aromatic rings.